The van der Waals surface area contributed by atoms with Crippen LogP contribution in [0, 0.1) is 0 Å². The fourth-order valence-electron chi connectivity index (χ4n) is 6.53. The lowest BCUT2D eigenvalue weighted by Gasteiger charge is -2.34. The van der Waals surface area contributed by atoms with Crippen molar-refractivity contribution in [1.82, 2.24) is 0 Å². The van der Waals surface area contributed by atoms with Gasteiger partial charge in [-0.1, -0.05) is 97.1 Å². The Hall–Kier alpha value is -6.26. The Morgan fingerprint density at radius 3 is 1.96 bits per heavy atom. The molecular weight excluding hydrogens is 564 g/mol. The van der Waals surface area contributed by atoms with E-state index in [0.717, 1.165) is 78.7 Å². The predicted molar refractivity (Wildman–Crippen MR) is 189 cm³/mol. The minimum absolute atomic E-state index is 0.800. The number of hydrogen-bond donors (Lipinski definition) is 0. The Balaban J connectivity index is 1.14. The number of fused-ring (bicyclic) bond motifs is 5. The van der Waals surface area contributed by atoms with Gasteiger partial charge in [0.1, 0.15) is 11.2 Å². The van der Waals surface area contributed by atoms with Crippen LogP contribution in [0.5, 0.6) is 11.5 Å². The molecule has 0 unspecified atom stereocenters. The van der Waals surface area contributed by atoms with Crippen LogP contribution in [-0.2, 0) is 0 Å². The molecule has 1 aromatic heterocycles. The van der Waals surface area contributed by atoms with Gasteiger partial charge in [0.15, 0.2) is 11.5 Å². The zero-order chi connectivity index (χ0) is 30.5. The second-order valence-electron chi connectivity index (χ2n) is 11.4. The standard InChI is InChI=1S/C42H28N2O2/c1-3-12-30(13-4-1)43(32-24-22-29(23-25-32)34-17-11-18-36-35-16-7-9-20-39(35)46-42(34)36)33-26-27-38-41(28-33)45-40-21-10-8-19-37(40)44(38)31-14-5-2-6-15-31/h1-28H. The van der Waals surface area contributed by atoms with Gasteiger partial charge in [0, 0.05) is 45.2 Å². The van der Waals surface area contributed by atoms with Gasteiger partial charge in [-0.3, -0.25) is 0 Å². The van der Waals surface area contributed by atoms with Crippen LogP contribution in [0.25, 0.3) is 33.1 Å². The van der Waals surface area contributed by atoms with Gasteiger partial charge in [-0.15, -0.1) is 0 Å². The van der Waals surface area contributed by atoms with E-state index in [1.807, 2.05) is 42.5 Å². The van der Waals surface area contributed by atoms with E-state index in [1.54, 1.807) is 0 Å². The first-order chi connectivity index (χ1) is 22.8. The molecule has 0 saturated heterocycles. The van der Waals surface area contributed by atoms with E-state index in [9.17, 15) is 0 Å². The second kappa shape index (κ2) is 10.7. The molecule has 0 fully saturated rings. The summed E-state index contributed by atoms with van der Waals surface area (Å²) in [5.41, 5.74) is 10.2. The maximum atomic E-state index is 6.56. The maximum absolute atomic E-state index is 6.56. The van der Waals surface area contributed by atoms with Gasteiger partial charge in [-0.2, -0.15) is 0 Å². The highest BCUT2D eigenvalue weighted by molar-refractivity contribution is 6.09. The summed E-state index contributed by atoms with van der Waals surface area (Å²) in [5.74, 6) is 1.63. The van der Waals surface area contributed by atoms with Crippen molar-refractivity contribution < 1.29 is 9.15 Å². The Bertz CT molecular complexity index is 2340. The lowest BCUT2D eigenvalue weighted by molar-refractivity contribution is 0.477. The number of rotatable bonds is 5. The molecule has 4 heteroatoms. The summed E-state index contributed by atoms with van der Waals surface area (Å²) in [6, 6.07) is 58.8. The Labute approximate surface area is 267 Å². The monoisotopic (exact) mass is 592 g/mol. The van der Waals surface area contributed by atoms with Crippen LogP contribution in [0.3, 0.4) is 0 Å². The van der Waals surface area contributed by atoms with Gasteiger partial charge in [-0.05, 0) is 72.3 Å². The van der Waals surface area contributed by atoms with E-state index in [-0.39, 0.29) is 0 Å². The summed E-state index contributed by atoms with van der Waals surface area (Å²) < 4.78 is 12.9. The van der Waals surface area contributed by atoms with Gasteiger partial charge in [0.25, 0.3) is 0 Å². The van der Waals surface area contributed by atoms with Gasteiger partial charge in [-0.25, -0.2) is 0 Å². The molecule has 7 aromatic carbocycles. The van der Waals surface area contributed by atoms with Crippen LogP contribution in [0.15, 0.2) is 174 Å². The average molecular weight is 593 g/mol. The topological polar surface area (TPSA) is 28.9 Å². The van der Waals surface area contributed by atoms with Gasteiger partial charge in [0.2, 0.25) is 0 Å². The molecule has 0 spiro atoms. The molecule has 0 amide bonds. The molecule has 0 saturated carbocycles. The summed E-state index contributed by atoms with van der Waals surface area (Å²) in [7, 11) is 0. The molecular formula is C42H28N2O2. The van der Waals surface area contributed by atoms with Crippen molar-refractivity contribution in [3.8, 4) is 22.6 Å². The molecule has 2 heterocycles. The number of para-hydroxylation sites is 6. The molecule has 46 heavy (non-hydrogen) atoms. The number of anilines is 6. The Morgan fingerprint density at radius 2 is 1.11 bits per heavy atom. The van der Waals surface area contributed by atoms with E-state index < -0.39 is 0 Å². The maximum Gasteiger partial charge on any atom is 0.153 e. The largest absolute Gasteiger partial charge is 0.455 e. The molecule has 9 rings (SSSR count). The molecule has 0 radical (unpaired) electrons. The van der Waals surface area contributed by atoms with Crippen LogP contribution in [0.4, 0.5) is 34.1 Å². The van der Waals surface area contributed by atoms with Crippen LogP contribution >= 0.6 is 0 Å². The van der Waals surface area contributed by atoms with Crippen LogP contribution in [0.2, 0.25) is 0 Å². The number of furan rings is 1. The zero-order valence-corrected chi connectivity index (χ0v) is 24.9. The van der Waals surface area contributed by atoms with Crippen molar-refractivity contribution >= 4 is 56.1 Å². The van der Waals surface area contributed by atoms with Crippen LogP contribution < -0.4 is 14.5 Å². The first kappa shape index (κ1) is 26.2. The third kappa shape index (κ3) is 4.31. The van der Waals surface area contributed by atoms with Crippen molar-refractivity contribution in [3.63, 3.8) is 0 Å². The Kier molecular flexibility index (Phi) is 6.10. The molecule has 218 valence electrons. The summed E-state index contributed by atoms with van der Waals surface area (Å²) in [6.07, 6.45) is 0. The van der Waals surface area contributed by atoms with Gasteiger partial charge < -0.3 is 19.0 Å². The van der Waals surface area contributed by atoms with Crippen molar-refractivity contribution in [2.45, 2.75) is 0 Å². The van der Waals surface area contributed by atoms with E-state index in [2.05, 4.69) is 137 Å². The quantitative estimate of drug-likeness (QED) is 0.199. The average Bonchev–Trinajstić information content (AvgIpc) is 3.51. The van der Waals surface area contributed by atoms with Crippen molar-refractivity contribution in [2.24, 2.45) is 0 Å². The minimum Gasteiger partial charge on any atom is -0.455 e. The van der Waals surface area contributed by atoms with Crippen molar-refractivity contribution in [1.29, 1.82) is 0 Å². The normalized spacial score (nSPS) is 12.0. The van der Waals surface area contributed by atoms with Crippen LogP contribution in [-0.4, -0.2) is 0 Å². The second-order valence-corrected chi connectivity index (χ2v) is 11.4. The highest BCUT2D eigenvalue weighted by atomic mass is 16.5. The van der Waals surface area contributed by atoms with E-state index in [1.165, 1.54) is 0 Å². The minimum atomic E-state index is 0.800. The van der Waals surface area contributed by atoms with Crippen molar-refractivity contribution in [2.75, 3.05) is 9.80 Å². The van der Waals surface area contributed by atoms with Gasteiger partial charge in [0.05, 0.1) is 11.4 Å². The predicted octanol–water partition coefficient (Wildman–Crippen LogP) is 12.3. The molecule has 0 N–H and O–H groups in total. The molecule has 0 bridgehead atoms. The lowest BCUT2D eigenvalue weighted by atomic mass is 10.0. The highest BCUT2D eigenvalue weighted by Gasteiger charge is 2.27. The van der Waals surface area contributed by atoms with E-state index >= 15 is 0 Å². The number of benzene rings is 7. The third-order valence-electron chi connectivity index (χ3n) is 8.64. The molecule has 0 aliphatic carbocycles. The summed E-state index contributed by atoms with van der Waals surface area (Å²) in [5, 5.41) is 2.26. The van der Waals surface area contributed by atoms with E-state index in [4.69, 9.17) is 9.15 Å². The number of nitrogens with zero attached hydrogens (tertiary/aromatic N) is 2. The van der Waals surface area contributed by atoms with Crippen molar-refractivity contribution in [3.05, 3.63) is 170 Å². The number of ether oxygens (including phenoxy) is 1. The highest BCUT2D eigenvalue weighted by Crippen LogP contribution is 2.52. The summed E-state index contributed by atoms with van der Waals surface area (Å²) in [4.78, 5) is 4.53. The Morgan fingerprint density at radius 1 is 0.457 bits per heavy atom. The SMILES string of the molecule is c1ccc(N(c2ccc(-c3cccc4c3oc3ccccc34)cc2)c2ccc3c(c2)Oc2ccccc2N3c2ccccc2)cc1. The lowest BCUT2D eigenvalue weighted by Crippen LogP contribution is -2.16. The van der Waals surface area contributed by atoms with Gasteiger partial charge >= 0.3 is 0 Å². The third-order valence-corrected chi connectivity index (χ3v) is 8.64. The smallest absolute Gasteiger partial charge is 0.153 e. The first-order valence-corrected chi connectivity index (χ1v) is 15.4. The first-order valence-electron chi connectivity index (χ1n) is 15.4. The fourth-order valence-corrected chi connectivity index (χ4v) is 6.53. The summed E-state index contributed by atoms with van der Waals surface area (Å²) >= 11 is 0. The van der Waals surface area contributed by atoms with Crippen LogP contribution in [0.1, 0.15) is 0 Å². The van der Waals surface area contributed by atoms with E-state index in [0.29, 0.717) is 0 Å². The molecule has 1 aliphatic heterocycles. The molecule has 4 nitrogen and oxygen atoms in total. The number of hydrogen-bond acceptors (Lipinski definition) is 4. The molecule has 8 aromatic rings. The molecule has 0 atom stereocenters. The summed E-state index contributed by atoms with van der Waals surface area (Å²) in [6.45, 7) is 0. The fraction of sp³-hybridized carbons (Fsp3) is 0. The molecule has 1 aliphatic rings. The zero-order valence-electron chi connectivity index (χ0n) is 24.9.